The number of rotatable bonds is 4. The van der Waals surface area contributed by atoms with E-state index in [4.69, 9.17) is 16.3 Å². The Morgan fingerprint density at radius 1 is 1.31 bits per heavy atom. The second kappa shape index (κ2) is 6.77. The molecule has 0 atom stereocenters. The summed E-state index contributed by atoms with van der Waals surface area (Å²) in [6.45, 7) is 9.49. The normalized spacial score (nSPS) is 18.1. The van der Waals surface area contributed by atoms with Gasteiger partial charge in [0.1, 0.15) is 0 Å². The van der Waals surface area contributed by atoms with Crippen LogP contribution in [-0.2, 0) is 4.74 Å². The molecule has 0 aliphatic carbocycles. The minimum absolute atomic E-state index is 0.478. The molecule has 0 aromatic carbocycles. The summed E-state index contributed by atoms with van der Waals surface area (Å²) in [7, 11) is 0. The van der Waals surface area contributed by atoms with Gasteiger partial charge in [0.2, 0.25) is 0 Å². The Kier molecular flexibility index (Phi) is 5.64. The Morgan fingerprint density at radius 2 is 1.94 bits per heavy atom. The molecule has 90 valence electrons. The molecule has 0 radical (unpaired) electrons. The zero-order chi connectivity index (χ0) is 12.0. The van der Waals surface area contributed by atoms with Crippen molar-refractivity contribution in [2.24, 2.45) is 0 Å². The molecule has 0 aromatic rings. The molecule has 1 N–H and O–H groups in total. The van der Waals surface area contributed by atoms with E-state index in [0.29, 0.717) is 11.1 Å². The first-order valence-corrected chi connectivity index (χ1v) is 6.01. The quantitative estimate of drug-likeness (QED) is 0.763. The van der Waals surface area contributed by atoms with Gasteiger partial charge in [0.05, 0.1) is 0 Å². The van der Waals surface area contributed by atoms with Gasteiger partial charge < -0.3 is 10.1 Å². The maximum atomic E-state index is 5.81. The molecule has 2 nitrogen and oxygen atoms in total. The van der Waals surface area contributed by atoms with Crippen molar-refractivity contribution in [1.82, 2.24) is 5.32 Å². The Bertz CT molecular complexity index is 297. The van der Waals surface area contributed by atoms with Crippen molar-refractivity contribution >= 4 is 11.6 Å². The predicted octanol–water partition coefficient (Wildman–Crippen LogP) is 3.36. The molecule has 1 fully saturated rings. The molecule has 1 aliphatic heterocycles. The topological polar surface area (TPSA) is 21.3 Å². The fourth-order valence-corrected chi connectivity index (χ4v) is 1.80. The van der Waals surface area contributed by atoms with Gasteiger partial charge in [-0.3, -0.25) is 0 Å². The molecule has 3 heteroatoms. The third-order valence-electron chi connectivity index (χ3n) is 2.35. The minimum Gasteiger partial charge on any atom is -0.382 e. The molecule has 0 bridgehead atoms. The SMILES string of the molecule is C=C(Cl)/C=C(\C=C(C)C)NC1CCOCC1. The van der Waals surface area contributed by atoms with Gasteiger partial charge in [0.15, 0.2) is 0 Å². The fraction of sp³-hybridized carbons (Fsp3) is 0.538. The molecule has 0 saturated carbocycles. The number of halogens is 1. The van der Waals surface area contributed by atoms with Crippen molar-refractivity contribution in [3.8, 4) is 0 Å². The van der Waals surface area contributed by atoms with Crippen LogP contribution in [0.2, 0.25) is 0 Å². The lowest BCUT2D eigenvalue weighted by Crippen LogP contribution is -2.33. The van der Waals surface area contributed by atoms with Crippen molar-refractivity contribution in [3.63, 3.8) is 0 Å². The summed E-state index contributed by atoms with van der Waals surface area (Å²) >= 11 is 5.81. The number of nitrogens with one attached hydrogen (secondary N) is 1. The van der Waals surface area contributed by atoms with Crippen LogP contribution in [0.3, 0.4) is 0 Å². The van der Waals surface area contributed by atoms with E-state index in [0.717, 1.165) is 31.8 Å². The third-order valence-corrected chi connectivity index (χ3v) is 2.46. The Balaban J connectivity index is 2.62. The summed E-state index contributed by atoms with van der Waals surface area (Å²) < 4.78 is 5.32. The Morgan fingerprint density at radius 3 is 2.44 bits per heavy atom. The second-order valence-corrected chi connectivity index (χ2v) is 4.78. The summed E-state index contributed by atoms with van der Waals surface area (Å²) in [5.74, 6) is 0. The van der Waals surface area contributed by atoms with Crippen LogP contribution in [0.25, 0.3) is 0 Å². The lowest BCUT2D eigenvalue weighted by Gasteiger charge is -2.24. The molecule has 1 aliphatic rings. The highest BCUT2D eigenvalue weighted by Gasteiger charge is 2.13. The summed E-state index contributed by atoms with van der Waals surface area (Å²) in [6.07, 6.45) is 6.04. The summed E-state index contributed by atoms with van der Waals surface area (Å²) in [5.41, 5.74) is 2.27. The van der Waals surface area contributed by atoms with Crippen LogP contribution >= 0.6 is 11.6 Å². The van der Waals surface area contributed by atoms with Crippen LogP contribution in [0.5, 0.6) is 0 Å². The zero-order valence-corrected chi connectivity index (χ0v) is 10.8. The van der Waals surface area contributed by atoms with E-state index in [2.05, 4.69) is 31.8 Å². The number of hydrogen-bond donors (Lipinski definition) is 1. The van der Waals surface area contributed by atoms with Crippen LogP contribution in [0, 0.1) is 0 Å². The van der Waals surface area contributed by atoms with Crippen molar-refractivity contribution in [1.29, 1.82) is 0 Å². The largest absolute Gasteiger partial charge is 0.382 e. The molecular weight excluding hydrogens is 222 g/mol. The molecular formula is C13H20ClNO. The van der Waals surface area contributed by atoms with Crippen LogP contribution in [0.4, 0.5) is 0 Å². The van der Waals surface area contributed by atoms with Gasteiger partial charge in [0, 0.05) is 30.0 Å². The van der Waals surface area contributed by atoms with Crippen molar-refractivity contribution in [2.45, 2.75) is 32.7 Å². The molecule has 0 spiro atoms. The van der Waals surface area contributed by atoms with Crippen LogP contribution in [0.15, 0.2) is 35.0 Å². The van der Waals surface area contributed by atoms with Crippen LogP contribution < -0.4 is 5.32 Å². The van der Waals surface area contributed by atoms with Gasteiger partial charge in [-0.05, 0) is 38.8 Å². The molecule has 1 rings (SSSR count). The second-order valence-electron chi connectivity index (χ2n) is 4.30. The van der Waals surface area contributed by atoms with Gasteiger partial charge in [-0.15, -0.1) is 0 Å². The van der Waals surface area contributed by atoms with Crippen molar-refractivity contribution < 1.29 is 4.74 Å². The third kappa shape index (κ3) is 5.38. The first-order chi connectivity index (χ1) is 7.58. The molecule has 16 heavy (non-hydrogen) atoms. The molecule has 1 saturated heterocycles. The van der Waals surface area contributed by atoms with Gasteiger partial charge in [-0.2, -0.15) is 0 Å². The maximum absolute atomic E-state index is 5.81. The zero-order valence-electron chi connectivity index (χ0n) is 10.1. The molecule has 1 heterocycles. The van der Waals surface area contributed by atoms with E-state index < -0.39 is 0 Å². The molecule has 0 aromatic heterocycles. The van der Waals surface area contributed by atoms with E-state index in [-0.39, 0.29) is 0 Å². The molecule has 0 unspecified atom stereocenters. The summed E-state index contributed by atoms with van der Waals surface area (Å²) in [4.78, 5) is 0. The van der Waals surface area contributed by atoms with Gasteiger partial charge in [-0.1, -0.05) is 23.8 Å². The van der Waals surface area contributed by atoms with Gasteiger partial charge in [0.25, 0.3) is 0 Å². The van der Waals surface area contributed by atoms with E-state index in [1.54, 1.807) is 0 Å². The highest BCUT2D eigenvalue weighted by molar-refractivity contribution is 6.30. The number of ether oxygens (including phenoxy) is 1. The predicted molar refractivity (Wildman–Crippen MR) is 69.5 cm³/mol. The van der Waals surface area contributed by atoms with Gasteiger partial charge in [-0.25, -0.2) is 0 Å². The minimum atomic E-state index is 0.478. The average molecular weight is 242 g/mol. The van der Waals surface area contributed by atoms with Crippen LogP contribution in [-0.4, -0.2) is 19.3 Å². The molecule has 0 amide bonds. The van der Waals surface area contributed by atoms with E-state index in [1.165, 1.54) is 5.57 Å². The highest BCUT2D eigenvalue weighted by Crippen LogP contribution is 2.12. The average Bonchev–Trinajstić information content (AvgIpc) is 2.16. The lowest BCUT2D eigenvalue weighted by molar-refractivity contribution is 0.0806. The fourth-order valence-electron chi connectivity index (χ4n) is 1.68. The summed E-state index contributed by atoms with van der Waals surface area (Å²) in [6, 6.07) is 0.478. The monoisotopic (exact) mass is 241 g/mol. The van der Waals surface area contributed by atoms with E-state index in [9.17, 15) is 0 Å². The Labute approximate surface area is 103 Å². The lowest BCUT2D eigenvalue weighted by atomic mass is 10.1. The van der Waals surface area contributed by atoms with E-state index in [1.807, 2.05) is 6.08 Å². The number of hydrogen-bond acceptors (Lipinski definition) is 2. The van der Waals surface area contributed by atoms with Crippen molar-refractivity contribution in [2.75, 3.05) is 13.2 Å². The summed E-state index contributed by atoms with van der Waals surface area (Å²) in [5, 5.41) is 4.03. The first-order valence-electron chi connectivity index (χ1n) is 5.63. The number of allylic oxidation sites excluding steroid dienone is 4. The van der Waals surface area contributed by atoms with Crippen molar-refractivity contribution in [3.05, 3.63) is 35.0 Å². The first kappa shape index (κ1) is 13.3. The Hall–Kier alpha value is -0.730. The van der Waals surface area contributed by atoms with Gasteiger partial charge >= 0.3 is 0 Å². The smallest absolute Gasteiger partial charge is 0.0485 e. The van der Waals surface area contributed by atoms with Crippen LogP contribution in [0.1, 0.15) is 26.7 Å². The highest BCUT2D eigenvalue weighted by atomic mass is 35.5. The maximum Gasteiger partial charge on any atom is 0.0485 e. The van der Waals surface area contributed by atoms with E-state index >= 15 is 0 Å². The standard InChI is InChI=1S/C13H20ClNO/c1-10(2)8-13(9-11(3)14)15-12-4-6-16-7-5-12/h8-9,12,15H,3-7H2,1-2H3/b13-9+.